The first-order chi connectivity index (χ1) is 12.7. The number of nitrogens with zero attached hydrogens (tertiary/aromatic N) is 1. The normalized spacial score (nSPS) is 14.0. The van der Waals surface area contributed by atoms with Gasteiger partial charge in [0.15, 0.2) is 0 Å². The summed E-state index contributed by atoms with van der Waals surface area (Å²) >= 11 is 5.82. The summed E-state index contributed by atoms with van der Waals surface area (Å²) in [5.74, 6) is -0.938. The second-order valence-electron chi connectivity index (χ2n) is 6.27. The Kier molecular flexibility index (Phi) is 5.10. The SMILES string of the molecule is Cc1cccc(NC(=O)C2CC2)c1NC(=O)c1ncc(C(F)(F)F)cc1Cl. The van der Waals surface area contributed by atoms with E-state index in [-0.39, 0.29) is 17.5 Å². The van der Waals surface area contributed by atoms with Crippen LogP contribution < -0.4 is 10.6 Å². The van der Waals surface area contributed by atoms with Crippen molar-refractivity contribution in [1.29, 1.82) is 0 Å². The molecule has 1 saturated carbocycles. The second kappa shape index (κ2) is 7.19. The summed E-state index contributed by atoms with van der Waals surface area (Å²) in [6, 6.07) is 5.73. The van der Waals surface area contributed by atoms with Crippen molar-refractivity contribution in [1.82, 2.24) is 4.98 Å². The molecule has 5 nitrogen and oxygen atoms in total. The summed E-state index contributed by atoms with van der Waals surface area (Å²) in [5, 5.41) is 4.92. The van der Waals surface area contributed by atoms with Crippen LogP contribution in [0.1, 0.15) is 34.5 Å². The molecule has 1 aromatic heterocycles. The maximum Gasteiger partial charge on any atom is 0.417 e. The predicted octanol–water partition coefficient (Wildman–Crippen LogP) is 4.66. The third-order valence-electron chi connectivity index (χ3n) is 4.10. The average Bonchev–Trinajstić information content (AvgIpc) is 3.42. The third-order valence-corrected chi connectivity index (χ3v) is 4.39. The van der Waals surface area contributed by atoms with Crippen molar-refractivity contribution in [2.24, 2.45) is 5.92 Å². The van der Waals surface area contributed by atoms with Crippen LogP contribution in [0.4, 0.5) is 24.5 Å². The van der Waals surface area contributed by atoms with Gasteiger partial charge in [0.2, 0.25) is 5.91 Å². The van der Waals surface area contributed by atoms with Crippen LogP contribution in [0.15, 0.2) is 30.5 Å². The molecule has 0 saturated heterocycles. The van der Waals surface area contributed by atoms with Gasteiger partial charge in [-0.15, -0.1) is 0 Å². The second-order valence-corrected chi connectivity index (χ2v) is 6.67. The molecule has 27 heavy (non-hydrogen) atoms. The van der Waals surface area contributed by atoms with Crippen LogP contribution in [-0.4, -0.2) is 16.8 Å². The number of anilines is 2. The summed E-state index contributed by atoms with van der Waals surface area (Å²) < 4.78 is 38.1. The Morgan fingerprint density at radius 1 is 1.22 bits per heavy atom. The number of amides is 2. The summed E-state index contributed by atoms with van der Waals surface area (Å²) in [4.78, 5) is 28.0. The fourth-order valence-electron chi connectivity index (χ4n) is 2.45. The van der Waals surface area contributed by atoms with E-state index in [1.807, 2.05) is 0 Å². The summed E-state index contributed by atoms with van der Waals surface area (Å²) in [6.07, 6.45) is -2.41. The first kappa shape index (κ1) is 19.2. The van der Waals surface area contributed by atoms with Gasteiger partial charge in [0.05, 0.1) is 22.0 Å². The Morgan fingerprint density at radius 2 is 1.93 bits per heavy atom. The number of para-hydroxylation sites is 1. The van der Waals surface area contributed by atoms with Gasteiger partial charge in [0.1, 0.15) is 5.69 Å². The lowest BCUT2D eigenvalue weighted by molar-refractivity contribution is -0.137. The van der Waals surface area contributed by atoms with Gasteiger partial charge in [-0.2, -0.15) is 13.2 Å². The summed E-state index contributed by atoms with van der Waals surface area (Å²) in [6.45, 7) is 1.73. The maximum absolute atomic E-state index is 12.7. The number of nitrogens with one attached hydrogen (secondary N) is 2. The van der Waals surface area contributed by atoms with Crippen LogP contribution in [0.3, 0.4) is 0 Å². The number of rotatable bonds is 4. The Labute approximate surface area is 157 Å². The van der Waals surface area contributed by atoms with Gasteiger partial charge in [0.25, 0.3) is 5.91 Å². The van der Waals surface area contributed by atoms with Crippen molar-refractivity contribution >= 4 is 34.8 Å². The largest absolute Gasteiger partial charge is 0.417 e. The van der Waals surface area contributed by atoms with Crippen LogP contribution in [0.25, 0.3) is 0 Å². The Morgan fingerprint density at radius 3 is 2.52 bits per heavy atom. The van der Waals surface area contributed by atoms with E-state index in [0.717, 1.165) is 12.8 Å². The van der Waals surface area contributed by atoms with Gasteiger partial charge in [-0.1, -0.05) is 23.7 Å². The quantitative estimate of drug-likeness (QED) is 0.788. The molecular formula is C18H15ClF3N3O2. The predicted molar refractivity (Wildman–Crippen MR) is 94.7 cm³/mol. The minimum atomic E-state index is -4.61. The van der Waals surface area contributed by atoms with Crippen LogP contribution in [0.5, 0.6) is 0 Å². The van der Waals surface area contributed by atoms with E-state index >= 15 is 0 Å². The number of halogens is 4. The van der Waals surface area contributed by atoms with E-state index in [9.17, 15) is 22.8 Å². The molecule has 1 aromatic carbocycles. The van der Waals surface area contributed by atoms with E-state index < -0.39 is 22.7 Å². The van der Waals surface area contributed by atoms with Gasteiger partial charge < -0.3 is 10.6 Å². The first-order valence-electron chi connectivity index (χ1n) is 8.11. The fraction of sp³-hybridized carbons (Fsp3) is 0.278. The number of aryl methyl sites for hydroxylation is 1. The molecule has 0 radical (unpaired) electrons. The van der Waals surface area contributed by atoms with Gasteiger partial charge in [0, 0.05) is 12.1 Å². The number of carbonyl (C=O) groups is 2. The number of hydrogen-bond acceptors (Lipinski definition) is 3. The zero-order valence-corrected chi connectivity index (χ0v) is 14.9. The molecule has 2 amide bonds. The van der Waals surface area contributed by atoms with E-state index in [0.29, 0.717) is 29.2 Å². The van der Waals surface area contributed by atoms with Crippen molar-refractivity contribution in [2.45, 2.75) is 25.9 Å². The molecule has 0 atom stereocenters. The van der Waals surface area contributed by atoms with Crippen LogP contribution >= 0.6 is 11.6 Å². The highest BCUT2D eigenvalue weighted by molar-refractivity contribution is 6.34. The van der Waals surface area contributed by atoms with Gasteiger partial charge in [-0.25, -0.2) is 4.98 Å². The lowest BCUT2D eigenvalue weighted by Gasteiger charge is -2.15. The fourth-order valence-corrected chi connectivity index (χ4v) is 2.70. The van der Waals surface area contributed by atoms with Crippen LogP contribution in [0, 0.1) is 12.8 Å². The number of aromatic nitrogens is 1. The monoisotopic (exact) mass is 397 g/mol. The Balaban J connectivity index is 1.84. The molecule has 0 spiro atoms. The van der Waals surface area contributed by atoms with Crippen molar-refractivity contribution in [3.8, 4) is 0 Å². The van der Waals surface area contributed by atoms with E-state index in [4.69, 9.17) is 11.6 Å². The van der Waals surface area contributed by atoms with Gasteiger partial charge in [-0.05, 0) is 37.5 Å². The lowest BCUT2D eigenvalue weighted by Crippen LogP contribution is -2.19. The van der Waals surface area contributed by atoms with Gasteiger partial charge in [-0.3, -0.25) is 9.59 Å². The average molecular weight is 398 g/mol. The van der Waals surface area contributed by atoms with Crippen molar-refractivity contribution in [2.75, 3.05) is 10.6 Å². The highest BCUT2D eigenvalue weighted by atomic mass is 35.5. The third kappa shape index (κ3) is 4.39. The summed E-state index contributed by atoms with van der Waals surface area (Å²) in [7, 11) is 0. The molecule has 3 rings (SSSR count). The molecule has 0 bridgehead atoms. The standard InChI is InChI=1S/C18H15ClF3N3O2/c1-9-3-2-4-13(24-16(26)10-5-6-10)14(9)25-17(27)15-12(19)7-11(8-23-15)18(20,21)22/h2-4,7-8,10H,5-6H2,1H3,(H,24,26)(H,25,27). The summed E-state index contributed by atoms with van der Waals surface area (Å²) in [5.41, 5.74) is 0.0299. The van der Waals surface area contributed by atoms with E-state index in [2.05, 4.69) is 15.6 Å². The number of hydrogen-bond donors (Lipinski definition) is 2. The topological polar surface area (TPSA) is 71.1 Å². The van der Waals surface area contributed by atoms with Crippen LogP contribution in [0.2, 0.25) is 5.02 Å². The number of carbonyl (C=O) groups excluding carboxylic acids is 2. The smallest absolute Gasteiger partial charge is 0.324 e. The van der Waals surface area contributed by atoms with Crippen molar-refractivity contribution in [3.63, 3.8) is 0 Å². The van der Waals surface area contributed by atoms with E-state index in [1.54, 1.807) is 25.1 Å². The Hall–Kier alpha value is -2.61. The minimum absolute atomic E-state index is 0.0277. The molecule has 9 heteroatoms. The first-order valence-corrected chi connectivity index (χ1v) is 8.49. The van der Waals surface area contributed by atoms with Gasteiger partial charge >= 0.3 is 6.18 Å². The molecule has 2 N–H and O–H groups in total. The molecule has 1 heterocycles. The minimum Gasteiger partial charge on any atom is -0.324 e. The Bertz CT molecular complexity index is 911. The van der Waals surface area contributed by atoms with Crippen LogP contribution in [-0.2, 0) is 11.0 Å². The molecule has 142 valence electrons. The number of pyridine rings is 1. The zero-order chi connectivity index (χ0) is 19.8. The molecule has 1 aliphatic rings. The highest BCUT2D eigenvalue weighted by Gasteiger charge is 2.32. The molecule has 2 aromatic rings. The zero-order valence-electron chi connectivity index (χ0n) is 14.2. The molecule has 1 fully saturated rings. The lowest BCUT2D eigenvalue weighted by atomic mass is 10.1. The van der Waals surface area contributed by atoms with Crippen molar-refractivity contribution in [3.05, 3.63) is 52.3 Å². The molecular weight excluding hydrogens is 383 g/mol. The molecule has 0 unspecified atom stereocenters. The maximum atomic E-state index is 12.7. The number of alkyl halides is 3. The number of benzene rings is 1. The van der Waals surface area contributed by atoms with Crippen molar-refractivity contribution < 1.29 is 22.8 Å². The highest BCUT2D eigenvalue weighted by Crippen LogP contribution is 2.34. The molecule has 1 aliphatic carbocycles. The van der Waals surface area contributed by atoms with E-state index in [1.165, 1.54) is 0 Å². The molecule has 0 aliphatic heterocycles.